The van der Waals surface area contributed by atoms with Crippen LogP contribution in [-0.4, -0.2) is 0 Å². The first-order valence-electron chi connectivity index (χ1n) is 11.3. The Balaban J connectivity index is 3.82. The number of rotatable bonds is 19. The Labute approximate surface area is 159 Å². The number of hydrogen-bond donors (Lipinski definition) is 0. The van der Waals surface area contributed by atoms with Crippen molar-refractivity contribution in [2.24, 2.45) is 5.92 Å². The van der Waals surface area contributed by atoms with Gasteiger partial charge >= 0.3 is 0 Å². The molecule has 0 atom stereocenters. The van der Waals surface area contributed by atoms with Crippen molar-refractivity contribution in [1.29, 1.82) is 5.26 Å². The third kappa shape index (κ3) is 17.8. The lowest BCUT2D eigenvalue weighted by Gasteiger charge is -2.16. The van der Waals surface area contributed by atoms with E-state index in [0.29, 0.717) is 0 Å². The van der Waals surface area contributed by atoms with Gasteiger partial charge in [0.1, 0.15) is 0 Å². The molecule has 0 bridgehead atoms. The van der Waals surface area contributed by atoms with Crippen LogP contribution < -0.4 is 0 Å². The van der Waals surface area contributed by atoms with E-state index in [4.69, 9.17) is 5.26 Å². The largest absolute Gasteiger partial charge is 0.193 e. The maximum atomic E-state index is 8.93. The van der Waals surface area contributed by atoms with Crippen molar-refractivity contribution in [3.8, 4) is 6.07 Å². The summed E-state index contributed by atoms with van der Waals surface area (Å²) in [6, 6.07) is 2.22. The molecule has 0 aromatic heterocycles. The second-order valence-corrected chi connectivity index (χ2v) is 7.94. The van der Waals surface area contributed by atoms with Gasteiger partial charge in [-0.3, -0.25) is 0 Å². The van der Waals surface area contributed by atoms with Crippen LogP contribution in [0.2, 0.25) is 0 Å². The second kappa shape index (κ2) is 19.6. The van der Waals surface area contributed by atoms with E-state index in [1.807, 2.05) is 0 Å². The van der Waals surface area contributed by atoms with Crippen LogP contribution in [-0.2, 0) is 0 Å². The van der Waals surface area contributed by atoms with E-state index in [1.165, 1.54) is 109 Å². The molecule has 0 spiro atoms. The summed E-state index contributed by atoms with van der Waals surface area (Å²) in [6.45, 7) is 8.42. The van der Waals surface area contributed by atoms with Gasteiger partial charge in [0.2, 0.25) is 0 Å². The van der Waals surface area contributed by atoms with Crippen LogP contribution in [0.1, 0.15) is 129 Å². The fraction of sp³-hybridized carbons (Fsp3) is 0.875. The smallest absolute Gasteiger partial charge is 0.0940 e. The summed E-state index contributed by atoms with van der Waals surface area (Å²) >= 11 is 0. The van der Waals surface area contributed by atoms with Gasteiger partial charge in [0.25, 0.3) is 0 Å². The Kier molecular flexibility index (Phi) is 19.0. The lowest BCUT2D eigenvalue weighted by molar-refractivity contribution is 0.381. The molecule has 0 aliphatic rings. The molecule has 0 aliphatic heterocycles. The van der Waals surface area contributed by atoms with Crippen molar-refractivity contribution < 1.29 is 0 Å². The summed E-state index contributed by atoms with van der Waals surface area (Å²) in [6.07, 6.45) is 24.3. The van der Waals surface area contributed by atoms with Crippen molar-refractivity contribution in [3.05, 3.63) is 12.2 Å². The second-order valence-electron chi connectivity index (χ2n) is 7.94. The molecule has 0 aromatic rings. The zero-order valence-corrected chi connectivity index (χ0v) is 17.5. The molecule has 0 heterocycles. The molecule has 0 radical (unpaired) electrons. The van der Waals surface area contributed by atoms with Gasteiger partial charge in [-0.2, -0.15) is 5.26 Å². The fourth-order valence-electron chi connectivity index (χ4n) is 3.65. The van der Waals surface area contributed by atoms with Gasteiger partial charge in [0, 0.05) is 5.57 Å². The molecule has 0 saturated carbocycles. The molecule has 0 fully saturated rings. The molecule has 146 valence electrons. The quantitative estimate of drug-likeness (QED) is 0.169. The molecule has 0 aromatic carbocycles. The Hall–Kier alpha value is -0.770. The average Bonchev–Trinajstić information content (AvgIpc) is 2.63. The molecule has 1 heteroatoms. The van der Waals surface area contributed by atoms with Gasteiger partial charge in [-0.05, 0) is 18.8 Å². The number of hydrogen-bond acceptors (Lipinski definition) is 1. The highest BCUT2D eigenvalue weighted by Crippen LogP contribution is 2.24. The highest BCUT2D eigenvalue weighted by Gasteiger charge is 2.09. The van der Waals surface area contributed by atoms with E-state index in [9.17, 15) is 0 Å². The van der Waals surface area contributed by atoms with E-state index < -0.39 is 0 Å². The van der Waals surface area contributed by atoms with Crippen molar-refractivity contribution in [2.75, 3.05) is 0 Å². The predicted molar refractivity (Wildman–Crippen MR) is 113 cm³/mol. The van der Waals surface area contributed by atoms with Crippen molar-refractivity contribution in [2.45, 2.75) is 129 Å². The Morgan fingerprint density at radius 2 is 1.08 bits per heavy atom. The molecule has 0 saturated heterocycles. The van der Waals surface area contributed by atoms with Crippen LogP contribution in [0.3, 0.4) is 0 Å². The number of nitriles is 1. The first kappa shape index (κ1) is 24.2. The average molecular weight is 348 g/mol. The standard InChI is InChI=1S/C24H45N/c1-4-6-8-10-12-14-16-18-24(21-20-23(3)22-25)19-17-15-13-11-9-7-5-2/h24H,3-21H2,1-2H3. The van der Waals surface area contributed by atoms with Gasteiger partial charge < -0.3 is 0 Å². The van der Waals surface area contributed by atoms with E-state index in [0.717, 1.165) is 17.9 Å². The number of nitrogens with zero attached hydrogens (tertiary/aromatic N) is 1. The first-order valence-corrected chi connectivity index (χ1v) is 11.3. The molecule has 0 aliphatic carbocycles. The summed E-state index contributed by atoms with van der Waals surface area (Å²) in [7, 11) is 0. The van der Waals surface area contributed by atoms with E-state index in [2.05, 4.69) is 26.5 Å². The monoisotopic (exact) mass is 347 g/mol. The maximum absolute atomic E-state index is 8.93. The summed E-state index contributed by atoms with van der Waals surface area (Å²) in [5, 5.41) is 8.93. The number of unbranched alkanes of at least 4 members (excludes halogenated alkanes) is 12. The van der Waals surface area contributed by atoms with Crippen LogP contribution in [0.15, 0.2) is 12.2 Å². The van der Waals surface area contributed by atoms with Gasteiger partial charge in [-0.1, -0.05) is 123 Å². The van der Waals surface area contributed by atoms with E-state index in [1.54, 1.807) is 0 Å². The summed E-state index contributed by atoms with van der Waals surface area (Å²) < 4.78 is 0. The summed E-state index contributed by atoms with van der Waals surface area (Å²) in [4.78, 5) is 0. The molecular weight excluding hydrogens is 302 g/mol. The minimum Gasteiger partial charge on any atom is -0.193 e. The van der Waals surface area contributed by atoms with E-state index in [-0.39, 0.29) is 0 Å². The third-order valence-corrected chi connectivity index (χ3v) is 5.44. The maximum Gasteiger partial charge on any atom is 0.0940 e. The fourth-order valence-corrected chi connectivity index (χ4v) is 3.65. The molecule has 0 N–H and O–H groups in total. The molecule has 25 heavy (non-hydrogen) atoms. The molecule has 0 rings (SSSR count). The van der Waals surface area contributed by atoms with Crippen LogP contribution in [0, 0.1) is 17.2 Å². The van der Waals surface area contributed by atoms with Crippen LogP contribution >= 0.6 is 0 Å². The van der Waals surface area contributed by atoms with Gasteiger partial charge in [0.15, 0.2) is 0 Å². The minimum atomic E-state index is 0.768. The Morgan fingerprint density at radius 3 is 1.48 bits per heavy atom. The normalized spacial score (nSPS) is 11.0. The first-order chi connectivity index (χ1) is 12.2. The van der Waals surface area contributed by atoms with E-state index >= 15 is 0 Å². The third-order valence-electron chi connectivity index (χ3n) is 5.44. The van der Waals surface area contributed by atoms with Crippen molar-refractivity contribution in [1.82, 2.24) is 0 Å². The summed E-state index contributed by atoms with van der Waals surface area (Å²) in [5.74, 6) is 0.816. The lowest BCUT2D eigenvalue weighted by Crippen LogP contribution is -2.02. The zero-order valence-electron chi connectivity index (χ0n) is 17.5. The molecule has 1 nitrogen and oxygen atoms in total. The molecule has 0 unspecified atom stereocenters. The van der Waals surface area contributed by atoms with Crippen molar-refractivity contribution >= 4 is 0 Å². The summed E-state index contributed by atoms with van der Waals surface area (Å²) in [5.41, 5.74) is 0.768. The topological polar surface area (TPSA) is 23.8 Å². The van der Waals surface area contributed by atoms with Crippen LogP contribution in [0.5, 0.6) is 0 Å². The van der Waals surface area contributed by atoms with Gasteiger partial charge in [0.05, 0.1) is 6.07 Å². The zero-order chi connectivity index (χ0) is 18.6. The predicted octanol–water partition coefficient (Wildman–Crippen LogP) is 8.74. The van der Waals surface area contributed by atoms with Crippen LogP contribution in [0.25, 0.3) is 0 Å². The van der Waals surface area contributed by atoms with Crippen LogP contribution in [0.4, 0.5) is 0 Å². The van der Waals surface area contributed by atoms with Gasteiger partial charge in [-0.15, -0.1) is 0 Å². The SMILES string of the molecule is C=C(C#N)CCC(CCCCCCCCC)CCCCCCCCC. The molecular formula is C24H45N. The molecule has 0 amide bonds. The lowest BCUT2D eigenvalue weighted by atomic mass is 9.89. The highest BCUT2D eigenvalue weighted by molar-refractivity contribution is 5.15. The number of allylic oxidation sites excluding steroid dienone is 1. The Bertz CT molecular complexity index is 307. The van der Waals surface area contributed by atoms with Gasteiger partial charge in [-0.25, -0.2) is 0 Å². The minimum absolute atomic E-state index is 0.768. The Morgan fingerprint density at radius 1 is 0.680 bits per heavy atom. The highest BCUT2D eigenvalue weighted by atomic mass is 14.2. The van der Waals surface area contributed by atoms with Crippen molar-refractivity contribution in [3.63, 3.8) is 0 Å².